The van der Waals surface area contributed by atoms with E-state index in [4.69, 9.17) is 14.2 Å². The van der Waals surface area contributed by atoms with Gasteiger partial charge in [-0.1, -0.05) is 326 Å². The second kappa shape index (κ2) is 67.6. The summed E-state index contributed by atoms with van der Waals surface area (Å²) in [5.41, 5.74) is 0. The number of carbonyl (C=O) groups is 3. The molecule has 0 heterocycles. The summed E-state index contributed by atoms with van der Waals surface area (Å²) in [4.78, 5) is 38.3. The number of ether oxygens (including phenoxy) is 3. The molecule has 0 bridgehead atoms. The number of unbranched alkanes of at least 4 members (excludes halogenated alkanes) is 43. The van der Waals surface area contributed by atoms with Gasteiger partial charge in [0.05, 0.1) is 0 Å². The SMILES string of the molecule is CC/C=C\C/C=C\C/C=C\CCCCCCCC(=O)OC(COC(=O)CCCCCCC/C=C\C/C=C\CCCCC)COC(=O)CCCCCCCCCCCCCCCCCCCCCCCCCCCCCCCCC. The average molecular weight is 1110 g/mol. The monoisotopic (exact) mass is 1110 g/mol. The molecular formula is C73H132O6. The minimum atomic E-state index is -0.789. The van der Waals surface area contributed by atoms with Crippen molar-refractivity contribution in [2.45, 2.75) is 374 Å². The molecule has 0 amide bonds. The van der Waals surface area contributed by atoms with Crippen molar-refractivity contribution in [1.29, 1.82) is 0 Å². The summed E-state index contributed by atoms with van der Waals surface area (Å²) >= 11 is 0. The lowest BCUT2D eigenvalue weighted by molar-refractivity contribution is -0.167. The molecule has 0 N–H and O–H groups in total. The number of esters is 3. The normalized spacial score (nSPS) is 12.4. The van der Waals surface area contributed by atoms with Crippen molar-refractivity contribution in [3.8, 4) is 0 Å². The highest BCUT2D eigenvalue weighted by atomic mass is 16.6. The minimum Gasteiger partial charge on any atom is -0.462 e. The molecule has 0 saturated carbocycles. The van der Waals surface area contributed by atoms with Crippen LogP contribution in [-0.2, 0) is 28.6 Å². The second-order valence-corrected chi connectivity index (χ2v) is 23.4. The zero-order chi connectivity index (χ0) is 57.1. The van der Waals surface area contributed by atoms with Gasteiger partial charge in [0.2, 0.25) is 0 Å². The van der Waals surface area contributed by atoms with Crippen LogP contribution < -0.4 is 0 Å². The van der Waals surface area contributed by atoms with Gasteiger partial charge in [0.1, 0.15) is 13.2 Å². The van der Waals surface area contributed by atoms with Gasteiger partial charge in [-0.05, 0) is 83.5 Å². The van der Waals surface area contributed by atoms with Crippen molar-refractivity contribution in [2.24, 2.45) is 0 Å². The Labute approximate surface area is 491 Å². The highest BCUT2D eigenvalue weighted by molar-refractivity contribution is 5.71. The Bertz CT molecular complexity index is 1410. The molecule has 0 rings (SSSR count). The van der Waals surface area contributed by atoms with Crippen LogP contribution >= 0.6 is 0 Å². The van der Waals surface area contributed by atoms with Crippen LogP contribution in [-0.4, -0.2) is 37.2 Å². The van der Waals surface area contributed by atoms with Crippen molar-refractivity contribution in [1.82, 2.24) is 0 Å². The van der Waals surface area contributed by atoms with E-state index in [2.05, 4.69) is 81.5 Å². The first-order chi connectivity index (χ1) is 39.0. The Morgan fingerprint density at radius 3 is 0.797 bits per heavy atom. The zero-order valence-corrected chi connectivity index (χ0v) is 52.9. The Morgan fingerprint density at radius 2 is 0.494 bits per heavy atom. The molecule has 0 fully saturated rings. The van der Waals surface area contributed by atoms with E-state index >= 15 is 0 Å². The highest BCUT2D eigenvalue weighted by Crippen LogP contribution is 2.18. The Hall–Kier alpha value is -2.89. The van der Waals surface area contributed by atoms with E-state index in [1.165, 1.54) is 212 Å². The molecule has 0 aromatic rings. The lowest BCUT2D eigenvalue weighted by atomic mass is 10.0. The van der Waals surface area contributed by atoms with E-state index in [1.54, 1.807) is 0 Å². The minimum absolute atomic E-state index is 0.0830. The lowest BCUT2D eigenvalue weighted by Gasteiger charge is -2.18. The van der Waals surface area contributed by atoms with Gasteiger partial charge in [0, 0.05) is 19.3 Å². The van der Waals surface area contributed by atoms with Crippen LogP contribution in [0.1, 0.15) is 367 Å². The number of carbonyl (C=O) groups excluding carboxylic acids is 3. The lowest BCUT2D eigenvalue weighted by Crippen LogP contribution is -2.30. The number of allylic oxidation sites excluding steroid dienone is 10. The maximum Gasteiger partial charge on any atom is 0.306 e. The highest BCUT2D eigenvalue weighted by Gasteiger charge is 2.19. The summed E-state index contributed by atoms with van der Waals surface area (Å²) in [6.45, 7) is 6.53. The van der Waals surface area contributed by atoms with E-state index < -0.39 is 6.10 Å². The van der Waals surface area contributed by atoms with Gasteiger partial charge >= 0.3 is 17.9 Å². The van der Waals surface area contributed by atoms with Crippen molar-refractivity contribution in [2.75, 3.05) is 13.2 Å². The number of hydrogen-bond donors (Lipinski definition) is 0. The van der Waals surface area contributed by atoms with E-state index in [0.29, 0.717) is 19.3 Å². The maximum atomic E-state index is 12.9. The molecule has 0 saturated heterocycles. The van der Waals surface area contributed by atoms with E-state index in [-0.39, 0.29) is 31.1 Å². The van der Waals surface area contributed by atoms with E-state index in [1.807, 2.05) is 0 Å². The Balaban J connectivity index is 4.16. The summed E-state index contributed by atoms with van der Waals surface area (Å²) in [7, 11) is 0. The topological polar surface area (TPSA) is 78.9 Å². The first-order valence-corrected chi connectivity index (χ1v) is 34.8. The van der Waals surface area contributed by atoms with Crippen LogP contribution in [0.15, 0.2) is 60.8 Å². The van der Waals surface area contributed by atoms with Gasteiger partial charge < -0.3 is 14.2 Å². The van der Waals surface area contributed by atoms with Crippen molar-refractivity contribution < 1.29 is 28.6 Å². The second-order valence-electron chi connectivity index (χ2n) is 23.4. The molecule has 0 aliphatic carbocycles. The van der Waals surface area contributed by atoms with Crippen LogP contribution in [0.4, 0.5) is 0 Å². The third-order valence-electron chi connectivity index (χ3n) is 15.5. The summed E-state index contributed by atoms with van der Waals surface area (Å²) in [5.74, 6) is -0.896. The van der Waals surface area contributed by atoms with Gasteiger partial charge in [-0.25, -0.2) is 0 Å². The summed E-state index contributed by atoms with van der Waals surface area (Å²) in [6.07, 6.45) is 86.9. The third-order valence-corrected chi connectivity index (χ3v) is 15.5. The first-order valence-electron chi connectivity index (χ1n) is 34.8. The molecule has 79 heavy (non-hydrogen) atoms. The quantitative estimate of drug-likeness (QED) is 0.0261. The molecule has 6 nitrogen and oxygen atoms in total. The van der Waals surface area contributed by atoms with Crippen LogP contribution in [0, 0.1) is 0 Å². The van der Waals surface area contributed by atoms with Gasteiger partial charge in [0.25, 0.3) is 0 Å². The molecule has 1 unspecified atom stereocenters. The van der Waals surface area contributed by atoms with Crippen molar-refractivity contribution >= 4 is 17.9 Å². The van der Waals surface area contributed by atoms with Crippen molar-refractivity contribution in [3.05, 3.63) is 60.8 Å². The molecular weight excluding hydrogens is 973 g/mol. The maximum absolute atomic E-state index is 12.9. The molecule has 6 heteroatoms. The fraction of sp³-hybridized carbons (Fsp3) is 0.822. The van der Waals surface area contributed by atoms with Gasteiger partial charge in [0.15, 0.2) is 6.10 Å². The Morgan fingerprint density at radius 1 is 0.266 bits per heavy atom. The molecule has 0 radical (unpaired) electrons. The molecule has 1 atom stereocenters. The van der Waals surface area contributed by atoms with E-state index in [9.17, 15) is 14.4 Å². The van der Waals surface area contributed by atoms with Gasteiger partial charge in [-0.2, -0.15) is 0 Å². The smallest absolute Gasteiger partial charge is 0.306 e. The predicted molar refractivity (Wildman–Crippen MR) is 344 cm³/mol. The Kier molecular flexibility index (Phi) is 65.1. The molecule has 0 aromatic carbocycles. The summed E-state index contributed by atoms with van der Waals surface area (Å²) in [6, 6.07) is 0. The van der Waals surface area contributed by atoms with Crippen molar-refractivity contribution in [3.63, 3.8) is 0 Å². The molecule has 0 spiro atoms. The molecule has 0 aromatic heterocycles. The molecule has 0 aliphatic heterocycles. The van der Waals surface area contributed by atoms with Crippen LogP contribution in [0.2, 0.25) is 0 Å². The summed E-state index contributed by atoms with van der Waals surface area (Å²) < 4.78 is 16.9. The number of hydrogen-bond acceptors (Lipinski definition) is 6. The molecule has 460 valence electrons. The van der Waals surface area contributed by atoms with Crippen LogP contribution in [0.5, 0.6) is 0 Å². The largest absolute Gasteiger partial charge is 0.462 e. The first kappa shape index (κ1) is 76.1. The molecule has 0 aliphatic rings. The van der Waals surface area contributed by atoms with Gasteiger partial charge in [-0.15, -0.1) is 0 Å². The van der Waals surface area contributed by atoms with Gasteiger partial charge in [-0.3, -0.25) is 14.4 Å². The summed E-state index contributed by atoms with van der Waals surface area (Å²) in [5, 5.41) is 0. The number of rotatable bonds is 64. The standard InChI is InChI=1S/C73H132O6/c1-4-7-10-13-16-19-22-25-28-29-30-31-32-33-34-35-36-37-38-39-40-41-42-43-46-48-51-54-57-60-63-66-72(75)78-69-70(79-73(76)67-64-61-58-55-52-49-45-27-24-21-18-15-12-9-6-3)68-77-71(74)65-62-59-56-53-50-47-44-26-23-20-17-14-11-8-5-2/h9,12,17-18,20-21,26-27,44-45,70H,4-8,10-11,13-16,19,22-25,28-43,46-69H2,1-3H3/b12-9-,20-17-,21-18-,44-26-,45-27-. The zero-order valence-electron chi connectivity index (χ0n) is 52.9. The van der Waals surface area contributed by atoms with E-state index in [0.717, 1.165) is 116 Å². The van der Waals surface area contributed by atoms with Crippen LogP contribution in [0.3, 0.4) is 0 Å². The average Bonchev–Trinajstić information content (AvgIpc) is 3.45. The fourth-order valence-corrected chi connectivity index (χ4v) is 10.3. The predicted octanol–water partition coefficient (Wildman–Crippen LogP) is 23.9. The fourth-order valence-electron chi connectivity index (χ4n) is 10.3. The van der Waals surface area contributed by atoms with Crippen LogP contribution in [0.25, 0.3) is 0 Å². The third kappa shape index (κ3) is 65.8.